The molecule has 1 aromatic rings. The Morgan fingerprint density at radius 1 is 1.24 bits per heavy atom. The zero-order valence-corrected chi connectivity index (χ0v) is 15.4. The van der Waals surface area contributed by atoms with Gasteiger partial charge >= 0.3 is 6.03 Å². The van der Waals surface area contributed by atoms with Crippen molar-refractivity contribution in [2.75, 3.05) is 13.1 Å². The van der Waals surface area contributed by atoms with Crippen molar-refractivity contribution in [1.82, 2.24) is 20.5 Å². The van der Waals surface area contributed by atoms with Gasteiger partial charge in [-0.2, -0.15) is 0 Å². The first-order chi connectivity index (χ1) is 11.7. The number of pyridine rings is 1. The highest BCUT2D eigenvalue weighted by atomic mass is 16.2. The number of urea groups is 1. The Hall–Kier alpha value is -2.31. The molecule has 138 valence electrons. The van der Waals surface area contributed by atoms with Crippen LogP contribution in [-0.2, 0) is 6.42 Å². The predicted molar refractivity (Wildman–Crippen MR) is 96.8 cm³/mol. The van der Waals surface area contributed by atoms with Gasteiger partial charge in [0, 0.05) is 42.0 Å². The van der Waals surface area contributed by atoms with E-state index in [1.807, 2.05) is 27.7 Å². The maximum Gasteiger partial charge on any atom is 0.317 e. The van der Waals surface area contributed by atoms with Gasteiger partial charge in [0.1, 0.15) is 0 Å². The summed E-state index contributed by atoms with van der Waals surface area (Å²) >= 11 is 0. The van der Waals surface area contributed by atoms with E-state index in [2.05, 4.69) is 15.6 Å². The smallest absolute Gasteiger partial charge is 0.317 e. The third kappa shape index (κ3) is 5.62. The monoisotopic (exact) mass is 348 g/mol. The minimum atomic E-state index is -0.266. The minimum absolute atomic E-state index is 0.00977. The molecule has 0 atom stereocenters. The van der Waals surface area contributed by atoms with Crippen molar-refractivity contribution in [3.8, 4) is 0 Å². The summed E-state index contributed by atoms with van der Waals surface area (Å²) in [5.74, 6) is -0.238. The van der Waals surface area contributed by atoms with Gasteiger partial charge in [-0.15, -0.1) is 0 Å². The number of aromatic nitrogens is 1. The fourth-order valence-electron chi connectivity index (χ4n) is 2.82. The van der Waals surface area contributed by atoms with E-state index >= 15 is 0 Å². The molecule has 2 rings (SSSR count). The number of H-pyrrole nitrogens is 1. The average molecular weight is 348 g/mol. The number of likely N-dealkylation sites (tertiary alicyclic amines) is 1. The van der Waals surface area contributed by atoms with E-state index in [4.69, 9.17) is 0 Å². The molecule has 25 heavy (non-hydrogen) atoms. The summed E-state index contributed by atoms with van der Waals surface area (Å²) in [6.07, 6.45) is 2.07. The molecule has 0 unspecified atom stereocenters. The van der Waals surface area contributed by atoms with Gasteiger partial charge in [-0.05, 0) is 46.1 Å². The maximum atomic E-state index is 12.4. The number of rotatable bonds is 3. The highest BCUT2D eigenvalue weighted by Gasteiger charge is 2.26. The Morgan fingerprint density at radius 2 is 1.88 bits per heavy atom. The van der Waals surface area contributed by atoms with E-state index in [9.17, 15) is 14.4 Å². The van der Waals surface area contributed by atoms with Crippen LogP contribution >= 0.6 is 0 Å². The summed E-state index contributed by atoms with van der Waals surface area (Å²) < 4.78 is 0. The van der Waals surface area contributed by atoms with Crippen molar-refractivity contribution in [1.29, 1.82) is 0 Å². The summed E-state index contributed by atoms with van der Waals surface area (Å²) in [6.45, 7) is 8.97. The second kappa shape index (κ2) is 7.72. The van der Waals surface area contributed by atoms with Gasteiger partial charge in [-0.3, -0.25) is 9.59 Å². The average Bonchev–Trinajstić information content (AvgIpc) is 2.53. The zero-order chi connectivity index (χ0) is 18.6. The number of carbonyl (C=O) groups excluding carboxylic acids is 2. The number of hydrogen-bond donors (Lipinski definition) is 3. The number of nitrogens with one attached hydrogen (secondary N) is 3. The molecular weight excluding hydrogens is 320 g/mol. The molecule has 1 fully saturated rings. The summed E-state index contributed by atoms with van der Waals surface area (Å²) in [6, 6.07) is 2.97. The van der Waals surface area contributed by atoms with Crippen LogP contribution in [0.1, 0.15) is 56.6 Å². The fourth-order valence-corrected chi connectivity index (χ4v) is 2.82. The van der Waals surface area contributed by atoms with Crippen LogP contribution in [0.15, 0.2) is 16.9 Å². The Kier molecular flexibility index (Phi) is 5.87. The van der Waals surface area contributed by atoms with Gasteiger partial charge in [0.2, 0.25) is 5.56 Å². The molecule has 1 saturated heterocycles. The Morgan fingerprint density at radius 3 is 2.44 bits per heavy atom. The lowest BCUT2D eigenvalue weighted by Gasteiger charge is -2.34. The highest BCUT2D eigenvalue weighted by molar-refractivity contribution is 5.94. The lowest BCUT2D eigenvalue weighted by molar-refractivity contribution is 0.0917. The maximum absolute atomic E-state index is 12.4. The van der Waals surface area contributed by atoms with Crippen LogP contribution in [0.5, 0.6) is 0 Å². The van der Waals surface area contributed by atoms with Crippen LogP contribution in [-0.4, -0.2) is 46.5 Å². The number of hydrogen-bond acceptors (Lipinski definition) is 3. The molecule has 7 heteroatoms. The number of aromatic amines is 1. The van der Waals surface area contributed by atoms with E-state index in [0.29, 0.717) is 37.9 Å². The molecule has 7 nitrogen and oxygen atoms in total. The Balaban J connectivity index is 1.89. The largest absolute Gasteiger partial charge is 0.349 e. The van der Waals surface area contributed by atoms with Crippen LogP contribution in [0, 0.1) is 0 Å². The number of amides is 3. The Bertz CT molecular complexity index is 682. The van der Waals surface area contributed by atoms with Crippen LogP contribution in [0.2, 0.25) is 0 Å². The summed E-state index contributed by atoms with van der Waals surface area (Å²) in [7, 11) is 0. The molecule has 0 aromatic carbocycles. The van der Waals surface area contributed by atoms with E-state index in [0.717, 1.165) is 5.69 Å². The third-order valence-electron chi connectivity index (χ3n) is 4.14. The molecule has 0 spiro atoms. The van der Waals surface area contributed by atoms with Crippen LogP contribution in [0.3, 0.4) is 0 Å². The van der Waals surface area contributed by atoms with Crippen molar-refractivity contribution in [2.24, 2.45) is 0 Å². The topological polar surface area (TPSA) is 94.3 Å². The normalized spacial score (nSPS) is 15.8. The van der Waals surface area contributed by atoms with Crippen LogP contribution < -0.4 is 16.2 Å². The standard InChI is InChI=1S/C18H28N4O3/c1-5-13-10-12(11-15(23)19-13)16(24)20-14-6-8-22(9-7-14)17(25)21-18(2,3)4/h10-11,14H,5-9H2,1-4H3,(H,19,23)(H,20,24)(H,21,25). The molecule has 1 aliphatic rings. The first-order valence-electron chi connectivity index (χ1n) is 8.79. The second-order valence-corrected chi connectivity index (χ2v) is 7.53. The number of piperidine rings is 1. The molecule has 0 bridgehead atoms. The van der Waals surface area contributed by atoms with Crippen molar-refractivity contribution in [3.63, 3.8) is 0 Å². The molecule has 0 radical (unpaired) electrons. The summed E-state index contributed by atoms with van der Waals surface area (Å²) in [5.41, 5.74) is 0.595. The van der Waals surface area contributed by atoms with Gasteiger partial charge in [0.15, 0.2) is 0 Å². The highest BCUT2D eigenvalue weighted by Crippen LogP contribution is 2.13. The second-order valence-electron chi connectivity index (χ2n) is 7.53. The molecule has 1 aliphatic heterocycles. The van der Waals surface area contributed by atoms with E-state index in [1.54, 1.807) is 11.0 Å². The molecule has 0 aliphatic carbocycles. The van der Waals surface area contributed by atoms with E-state index in [1.165, 1.54) is 6.07 Å². The van der Waals surface area contributed by atoms with Crippen LogP contribution in [0.4, 0.5) is 4.79 Å². The Labute approximate surface area is 148 Å². The van der Waals surface area contributed by atoms with Gasteiger partial charge in [0.05, 0.1) is 0 Å². The van der Waals surface area contributed by atoms with Gasteiger partial charge < -0.3 is 20.5 Å². The summed E-state index contributed by atoms with van der Waals surface area (Å²) in [5, 5.41) is 5.92. The van der Waals surface area contributed by atoms with Gasteiger partial charge in [0.25, 0.3) is 5.91 Å². The zero-order valence-electron chi connectivity index (χ0n) is 15.4. The molecule has 0 saturated carbocycles. The van der Waals surface area contributed by atoms with Crippen molar-refractivity contribution in [3.05, 3.63) is 33.7 Å². The van der Waals surface area contributed by atoms with Crippen molar-refractivity contribution in [2.45, 2.75) is 58.5 Å². The summed E-state index contributed by atoms with van der Waals surface area (Å²) in [4.78, 5) is 40.6. The molecular formula is C18H28N4O3. The van der Waals surface area contributed by atoms with Gasteiger partial charge in [-0.1, -0.05) is 6.92 Å². The lowest BCUT2D eigenvalue weighted by Crippen LogP contribution is -2.53. The van der Waals surface area contributed by atoms with Crippen molar-refractivity contribution >= 4 is 11.9 Å². The fraction of sp³-hybridized carbons (Fsp3) is 0.611. The predicted octanol–water partition coefficient (Wildman–Crippen LogP) is 1.64. The third-order valence-corrected chi connectivity index (χ3v) is 4.14. The quantitative estimate of drug-likeness (QED) is 0.775. The first kappa shape index (κ1) is 19.0. The number of carbonyl (C=O) groups is 2. The SMILES string of the molecule is CCc1cc(C(=O)NC2CCN(C(=O)NC(C)(C)C)CC2)cc(=O)[nH]1. The first-order valence-corrected chi connectivity index (χ1v) is 8.79. The van der Waals surface area contributed by atoms with Crippen LogP contribution in [0.25, 0.3) is 0 Å². The van der Waals surface area contributed by atoms with Crippen molar-refractivity contribution < 1.29 is 9.59 Å². The lowest BCUT2D eigenvalue weighted by atomic mass is 10.0. The molecule has 2 heterocycles. The molecule has 3 N–H and O–H groups in total. The molecule has 1 aromatic heterocycles. The molecule has 3 amide bonds. The van der Waals surface area contributed by atoms with E-state index < -0.39 is 0 Å². The van der Waals surface area contributed by atoms with E-state index in [-0.39, 0.29) is 29.1 Å². The van der Waals surface area contributed by atoms with Gasteiger partial charge in [-0.25, -0.2) is 4.79 Å². The number of nitrogens with zero attached hydrogens (tertiary/aromatic N) is 1. The minimum Gasteiger partial charge on any atom is -0.349 e. The number of aryl methyl sites for hydroxylation is 1.